The highest BCUT2D eigenvalue weighted by Crippen LogP contribution is 2.25. The quantitative estimate of drug-likeness (QED) is 0.662. The number of amides is 1. The van der Waals surface area contributed by atoms with Crippen LogP contribution in [0, 0.1) is 0 Å². The van der Waals surface area contributed by atoms with Crippen LogP contribution in [0.2, 0.25) is 0 Å². The second-order valence-corrected chi connectivity index (χ2v) is 7.25. The van der Waals surface area contributed by atoms with E-state index >= 15 is 0 Å². The van der Waals surface area contributed by atoms with E-state index in [0.29, 0.717) is 18.3 Å². The van der Waals surface area contributed by atoms with Crippen LogP contribution in [0.25, 0.3) is 0 Å². The summed E-state index contributed by atoms with van der Waals surface area (Å²) < 4.78 is 14.9. The second kappa shape index (κ2) is 10.1. The zero-order chi connectivity index (χ0) is 21.5. The maximum Gasteiger partial charge on any atom is 0.337 e. The van der Waals surface area contributed by atoms with Gasteiger partial charge in [0.1, 0.15) is 5.76 Å². The molecule has 0 unspecified atom stereocenters. The first-order valence-electron chi connectivity index (χ1n) is 9.88. The number of hydrogen-bond donors (Lipinski definition) is 1. The third-order valence-corrected chi connectivity index (χ3v) is 5.19. The minimum Gasteiger partial charge on any atom is -0.468 e. The molecule has 1 N–H and O–H groups in total. The number of carbonyl (C=O) groups is 3. The first-order chi connectivity index (χ1) is 14.5. The van der Waals surface area contributed by atoms with Crippen molar-refractivity contribution in [3.8, 4) is 0 Å². The summed E-state index contributed by atoms with van der Waals surface area (Å²) in [4.78, 5) is 38.8. The molecule has 1 aliphatic carbocycles. The summed E-state index contributed by atoms with van der Waals surface area (Å²) >= 11 is 0. The SMILES string of the molecule is COC(=O)c1cc(NC(=O)CN(Cc2ccco2)C2CCCC2)cc(C(=O)OC)c1. The molecule has 1 saturated carbocycles. The molecule has 0 radical (unpaired) electrons. The van der Waals surface area contributed by atoms with Gasteiger partial charge in [0.2, 0.25) is 5.91 Å². The first-order valence-corrected chi connectivity index (χ1v) is 9.88. The number of hydrogen-bond acceptors (Lipinski definition) is 7. The fourth-order valence-corrected chi connectivity index (χ4v) is 3.74. The highest BCUT2D eigenvalue weighted by molar-refractivity contribution is 5.99. The standard InChI is InChI=1S/C22H26N2O6/c1-28-21(26)15-10-16(22(27)29-2)12-17(11-15)23-20(25)14-24(18-6-3-4-7-18)13-19-8-5-9-30-19/h5,8-12,18H,3-4,6-7,13-14H2,1-2H3,(H,23,25). The van der Waals surface area contributed by atoms with Crippen LogP contribution in [0.3, 0.4) is 0 Å². The maximum absolute atomic E-state index is 12.8. The van der Waals surface area contributed by atoms with Gasteiger partial charge in [0.25, 0.3) is 0 Å². The summed E-state index contributed by atoms with van der Waals surface area (Å²) in [5, 5.41) is 2.79. The molecule has 30 heavy (non-hydrogen) atoms. The summed E-state index contributed by atoms with van der Waals surface area (Å²) in [6, 6.07) is 8.35. The van der Waals surface area contributed by atoms with Gasteiger partial charge in [-0.25, -0.2) is 9.59 Å². The lowest BCUT2D eigenvalue weighted by Crippen LogP contribution is -2.39. The Kier molecular flexibility index (Phi) is 7.24. The van der Waals surface area contributed by atoms with Gasteiger partial charge in [-0.05, 0) is 43.2 Å². The number of carbonyl (C=O) groups excluding carboxylic acids is 3. The molecule has 3 rings (SSSR count). The molecule has 0 spiro atoms. The Morgan fingerprint density at radius 2 is 1.70 bits per heavy atom. The van der Waals surface area contributed by atoms with Crippen molar-refractivity contribution in [2.24, 2.45) is 0 Å². The summed E-state index contributed by atoms with van der Waals surface area (Å²) in [7, 11) is 2.50. The Morgan fingerprint density at radius 3 is 2.23 bits per heavy atom. The molecule has 0 atom stereocenters. The van der Waals surface area contributed by atoms with E-state index in [-0.39, 0.29) is 23.6 Å². The molecule has 8 heteroatoms. The van der Waals surface area contributed by atoms with Gasteiger partial charge in [-0.3, -0.25) is 9.69 Å². The van der Waals surface area contributed by atoms with Crippen LogP contribution in [0.15, 0.2) is 41.0 Å². The third kappa shape index (κ3) is 5.48. The number of nitrogens with one attached hydrogen (secondary N) is 1. The van der Waals surface area contributed by atoms with Crippen molar-refractivity contribution in [1.29, 1.82) is 0 Å². The van der Waals surface area contributed by atoms with Crippen LogP contribution >= 0.6 is 0 Å². The minimum absolute atomic E-state index is 0.152. The third-order valence-electron chi connectivity index (χ3n) is 5.19. The van der Waals surface area contributed by atoms with Crippen molar-refractivity contribution in [1.82, 2.24) is 4.90 Å². The Morgan fingerprint density at radius 1 is 1.07 bits per heavy atom. The van der Waals surface area contributed by atoms with Gasteiger partial charge in [0, 0.05) is 11.7 Å². The lowest BCUT2D eigenvalue weighted by Gasteiger charge is -2.27. The van der Waals surface area contributed by atoms with Crippen molar-refractivity contribution >= 4 is 23.5 Å². The Balaban J connectivity index is 1.75. The maximum atomic E-state index is 12.8. The highest BCUT2D eigenvalue weighted by atomic mass is 16.5. The molecule has 1 aromatic heterocycles. The lowest BCUT2D eigenvalue weighted by molar-refractivity contribution is -0.118. The van der Waals surface area contributed by atoms with Crippen LogP contribution < -0.4 is 5.32 Å². The van der Waals surface area contributed by atoms with Gasteiger partial charge in [0.05, 0.1) is 44.7 Å². The van der Waals surface area contributed by atoms with E-state index in [1.54, 1.807) is 6.26 Å². The number of esters is 2. The van der Waals surface area contributed by atoms with Crippen LogP contribution in [0.4, 0.5) is 5.69 Å². The van der Waals surface area contributed by atoms with E-state index in [2.05, 4.69) is 10.2 Å². The molecule has 1 fully saturated rings. The predicted octanol–water partition coefficient (Wildman–Crippen LogP) is 3.24. The molecule has 0 aliphatic heterocycles. The molecule has 1 heterocycles. The van der Waals surface area contributed by atoms with Crippen molar-refractivity contribution < 1.29 is 28.3 Å². The van der Waals surface area contributed by atoms with Gasteiger partial charge < -0.3 is 19.2 Å². The number of furan rings is 1. The normalized spacial score (nSPS) is 14.0. The van der Waals surface area contributed by atoms with Crippen LogP contribution in [0.5, 0.6) is 0 Å². The molecule has 1 amide bonds. The largest absolute Gasteiger partial charge is 0.468 e. The highest BCUT2D eigenvalue weighted by Gasteiger charge is 2.25. The number of nitrogens with zero attached hydrogens (tertiary/aromatic N) is 1. The summed E-state index contributed by atoms with van der Waals surface area (Å²) in [5.74, 6) is -0.662. The van der Waals surface area contributed by atoms with Crippen LogP contribution in [0.1, 0.15) is 52.2 Å². The lowest BCUT2D eigenvalue weighted by atomic mass is 10.1. The van der Waals surface area contributed by atoms with E-state index in [1.807, 2.05) is 12.1 Å². The van der Waals surface area contributed by atoms with Gasteiger partial charge in [-0.1, -0.05) is 12.8 Å². The average Bonchev–Trinajstić information content (AvgIpc) is 3.46. The molecular formula is C22H26N2O6. The van der Waals surface area contributed by atoms with E-state index in [4.69, 9.17) is 13.9 Å². The number of anilines is 1. The molecule has 8 nitrogen and oxygen atoms in total. The van der Waals surface area contributed by atoms with Crippen molar-refractivity contribution in [2.75, 3.05) is 26.1 Å². The van der Waals surface area contributed by atoms with E-state index < -0.39 is 11.9 Å². The molecule has 2 aromatic rings. The topological polar surface area (TPSA) is 98.1 Å². The smallest absolute Gasteiger partial charge is 0.337 e. The molecule has 1 aliphatic rings. The molecule has 0 saturated heterocycles. The molecular weight excluding hydrogens is 388 g/mol. The van der Waals surface area contributed by atoms with Gasteiger partial charge >= 0.3 is 11.9 Å². The first kappa shape index (κ1) is 21.6. The molecule has 1 aromatic carbocycles. The number of rotatable bonds is 8. The van der Waals surface area contributed by atoms with Gasteiger partial charge in [-0.15, -0.1) is 0 Å². The fourth-order valence-electron chi connectivity index (χ4n) is 3.74. The van der Waals surface area contributed by atoms with Crippen LogP contribution in [-0.2, 0) is 20.8 Å². The van der Waals surface area contributed by atoms with E-state index in [0.717, 1.165) is 31.4 Å². The number of methoxy groups -OCH3 is 2. The summed E-state index contributed by atoms with van der Waals surface area (Å²) in [5.41, 5.74) is 0.630. The molecule has 0 bridgehead atoms. The van der Waals surface area contributed by atoms with Crippen molar-refractivity contribution in [3.63, 3.8) is 0 Å². The van der Waals surface area contributed by atoms with E-state index in [1.165, 1.54) is 32.4 Å². The van der Waals surface area contributed by atoms with Gasteiger partial charge in [0.15, 0.2) is 0 Å². The second-order valence-electron chi connectivity index (χ2n) is 7.25. The van der Waals surface area contributed by atoms with Crippen LogP contribution in [-0.4, -0.2) is 49.6 Å². The summed E-state index contributed by atoms with van der Waals surface area (Å²) in [6.45, 7) is 0.710. The fraction of sp³-hybridized carbons (Fsp3) is 0.409. The van der Waals surface area contributed by atoms with E-state index in [9.17, 15) is 14.4 Å². The molecule has 160 valence electrons. The summed E-state index contributed by atoms with van der Waals surface area (Å²) in [6.07, 6.45) is 5.99. The Bertz CT molecular complexity index is 853. The zero-order valence-electron chi connectivity index (χ0n) is 17.2. The monoisotopic (exact) mass is 414 g/mol. The number of ether oxygens (including phenoxy) is 2. The van der Waals surface area contributed by atoms with Crippen molar-refractivity contribution in [3.05, 3.63) is 53.5 Å². The zero-order valence-corrected chi connectivity index (χ0v) is 17.2. The number of benzene rings is 1. The van der Waals surface area contributed by atoms with Gasteiger partial charge in [-0.2, -0.15) is 0 Å². The Labute approximate surface area is 175 Å². The Hall–Kier alpha value is -3.13. The van der Waals surface area contributed by atoms with Crippen molar-refractivity contribution in [2.45, 2.75) is 38.3 Å². The minimum atomic E-state index is -0.610. The predicted molar refractivity (Wildman–Crippen MR) is 109 cm³/mol. The average molecular weight is 414 g/mol.